The molecule has 0 amide bonds. The lowest BCUT2D eigenvalue weighted by Crippen LogP contribution is -2.32. The van der Waals surface area contributed by atoms with Crippen LogP contribution in [0, 0.1) is 0 Å². The van der Waals surface area contributed by atoms with Crippen LogP contribution in [-0.4, -0.2) is 16.8 Å². The summed E-state index contributed by atoms with van der Waals surface area (Å²) in [7, 11) is 0. The van der Waals surface area contributed by atoms with Gasteiger partial charge in [0.15, 0.2) is 0 Å². The molecule has 22 heavy (non-hydrogen) atoms. The minimum Gasteiger partial charge on any atom is -0.349 e. The maximum absolute atomic E-state index is 6.11. The third kappa shape index (κ3) is 2.34. The Morgan fingerprint density at radius 1 is 1.18 bits per heavy atom. The number of hydrogen-bond donors (Lipinski definition) is 0. The van der Waals surface area contributed by atoms with Gasteiger partial charge in [-0.1, -0.05) is 41.9 Å². The van der Waals surface area contributed by atoms with E-state index in [1.807, 2.05) is 24.3 Å². The van der Waals surface area contributed by atoms with Gasteiger partial charge >= 0.3 is 0 Å². The van der Waals surface area contributed by atoms with Crippen LogP contribution in [-0.2, 0) is 6.54 Å². The lowest BCUT2D eigenvalue weighted by Gasteiger charge is -2.28. The van der Waals surface area contributed by atoms with Crippen molar-refractivity contribution >= 4 is 29.2 Å². The molecule has 2 nitrogen and oxygen atoms in total. The van der Waals surface area contributed by atoms with E-state index in [1.165, 1.54) is 16.7 Å². The first-order valence-electron chi connectivity index (χ1n) is 7.60. The van der Waals surface area contributed by atoms with Crippen molar-refractivity contribution in [3.63, 3.8) is 0 Å². The summed E-state index contributed by atoms with van der Waals surface area (Å²) in [6.07, 6.45) is 3.30. The van der Waals surface area contributed by atoms with Gasteiger partial charge in [-0.3, -0.25) is 0 Å². The van der Waals surface area contributed by atoms with E-state index in [0.717, 1.165) is 29.5 Å². The zero-order chi connectivity index (χ0) is 15.1. The second kappa shape index (κ2) is 5.29. The summed E-state index contributed by atoms with van der Waals surface area (Å²) in [5.41, 5.74) is 4.81. The number of amidine groups is 1. The Balaban J connectivity index is 1.78. The van der Waals surface area contributed by atoms with Gasteiger partial charge in [-0.2, -0.15) is 0 Å². The summed E-state index contributed by atoms with van der Waals surface area (Å²) in [6.45, 7) is 3.15. The van der Waals surface area contributed by atoms with Gasteiger partial charge in [0.05, 0.1) is 5.69 Å². The average Bonchev–Trinajstić information content (AvgIpc) is 2.82. The van der Waals surface area contributed by atoms with Gasteiger partial charge in [0.2, 0.25) is 0 Å². The van der Waals surface area contributed by atoms with Gasteiger partial charge in [-0.15, -0.1) is 0 Å². The lowest BCUT2D eigenvalue weighted by molar-refractivity contribution is 0.348. The Morgan fingerprint density at radius 2 is 2.00 bits per heavy atom. The minimum absolute atomic E-state index is 0.473. The minimum atomic E-state index is 0.473. The largest absolute Gasteiger partial charge is 0.349 e. The molecule has 1 atom stereocenters. The second-order valence-corrected chi connectivity index (χ2v) is 6.41. The highest BCUT2D eigenvalue weighted by molar-refractivity contribution is 6.30. The summed E-state index contributed by atoms with van der Waals surface area (Å²) >= 11 is 6.11. The van der Waals surface area contributed by atoms with Gasteiger partial charge < -0.3 is 4.90 Å². The Morgan fingerprint density at radius 3 is 2.82 bits per heavy atom. The standard InChI is InChI=1S/C19H17ClN2/c1-13-9-15(10-14-5-3-2-4-6-14)19-21-18-8-7-17(20)11-16(18)12-22(13)19/h2-8,10-11,13H,9,12H2,1H3. The number of halogens is 1. The Hall–Kier alpha value is -2.06. The number of fused-ring (bicyclic) bond motifs is 2. The first-order valence-corrected chi connectivity index (χ1v) is 7.98. The van der Waals surface area contributed by atoms with E-state index in [9.17, 15) is 0 Å². The van der Waals surface area contributed by atoms with Crippen LogP contribution in [0.2, 0.25) is 5.02 Å². The number of rotatable bonds is 1. The van der Waals surface area contributed by atoms with Crippen LogP contribution in [0.5, 0.6) is 0 Å². The molecule has 3 heteroatoms. The Kier molecular flexibility index (Phi) is 3.27. The summed E-state index contributed by atoms with van der Waals surface area (Å²) in [4.78, 5) is 7.27. The molecule has 1 unspecified atom stereocenters. The quantitative estimate of drug-likeness (QED) is 0.719. The van der Waals surface area contributed by atoms with Crippen molar-refractivity contribution in [1.82, 2.24) is 4.90 Å². The molecule has 0 aromatic heterocycles. The molecule has 2 aromatic carbocycles. The van der Waals surface area contributed by atoms with Gasteiger partial charge in [0.1, 0.15) is 5.84 Å². The molecule has 2 heterocycles. The molecule has 0 aliphatic carbocycles. The fraction of sp³-hybridized carbons (Fsp3) is 0.211. The van der Waals surface area contributed by atoms with E-state index >= 15 is 0 Å². The van der Waals surface area contributed by atoms with Crippen LogP contribution in [0.3, 0.4) is 0 Å². The van der Waals surface area contributed by atoms with Crippen LogP contribution in [0.25, 0.3) is 6.08 Å². The smallest absolute Gasteiger partial charge is 0.133 e. The van der Waals surface area contributed by atoms with Crippen LogP contribution in [0.15, 0.2) is 59.1 Å². The zero-order valence-corrected chi connectivity index (χ0v) is 13.2. The molecule has 2 aromatic rings. The van der Waals surface area contributed by atoms with Crippen molar-refractivity contribution in [2.24, 2.45) is 4.99 Å². The monoisotopic (exact) mass is 308 g/mol. The summed E-state index contributed by atoms with van der Waals surface area (Å²) in [5.74, 6) is 1.12. The van der Waals surface area contributed by atoms with Crippen LogP contribution >= 0.6 is 11.6 Å². The van der Waals surface area contributed by atoms with Crippen molar-refractivity contribution in [3.05, 3.63) is 70.3 Å². The van der Waals surface area contributed by atoms with Crippen LogP contribution in [0.1, 0.15) is 24.5 Å². The molecular weight excluding hydrogens is 292 g/mol. The molecule has 0 spiro atoms. The first kappa shape index (κ1) is 13.6. The SMILES string of the molecule is CC1CC(=Cc2ccccc2)C2=Nc3ccc(Cl)cc3CN21. The normalized spacial score (nSPS) is 21.5. The summed E-state index contributed by atoms with van der Waals surface area (Å²) in [6, 6.07) is 16.9. The third-order valence-electron chi connectivity index (χ3n) is 4.36. The third-order valence-corrected chi connectivity index (χ3v) is 4.59. The Bertz CT molecular complexity index is 777. The summed E-state index contributed by atoms with van der Waals surface area (Å²) < 4.78 is 0. The van der Waals surface area contributed by atoms with Crippen molar-refractivity contribution < 1.29 is 0 Å². The highest BCUT2D eigenvalue weighted by Crippen LogP contribution is 2.37. The van der Waals surface area contributed by atoms with Gasteiger partial charge in [-0.05, 0) is 54.3 Å². The molecule has 110 valence electrons. The molecule has 0 bridgehead atoms. The van der Waals surface area contributed by atoms with Gasteiger partial charge in [0, 0.05) is 17.6 Å². The van der Waals surface area contributed by atoms with E-state index in [0.29, 0.717) is 6.04 Å². The van der Waals surface area contributed by atoms with E-state index in [2.05, 4.69) is 42.2 Å². The maximum atomic E-state index is 6.11. The fourth-order valence-corrected chi connectivity index (χ4v) is 3.44. The first-order chi connectivity index (χ1) is 10.7. The van der Waals surface area contributed by atoms with Crippen molar-refractivity contribution in [2.45, 2.75) is 25.9 Å². The second-order valence-electron chi connectivity index (χ2n) is 5.97. The molecule has 0 N–H and O–H groups in total. The van der Waals surface area contributed by atoms with Crippen molar-refractivity contribution in [3.8, 4) is 0 Å². The molecule has 0 saturated carbocycles. The van der Waals surface area contributed by atoms with Gasteiger partial charge in [-0.25, -0.2) is 4.99 Å². The van der Waals surface area contributed by atoms with E-state index in [-0.39, 0.29) is 0 Å². The molecule has 1 fully saturated rings. The molecular formula is C19H17ClN2. The maximum Gasteiger partial charge on any atom is 0.133 e. The topological polar surface area (TPSA) is 15.6 Å². The van der Waals surface area contributed by atoms with Crippen LogP contribution in [0.4, 0.5) is 5.69 Å². The molecule has 2 aliphatic heterocycles. The number of hydrogen-bond acceptors (Lipinski definition) is 2. The number of aliphatic imine (C=N–C) groups is 1. The molecule has 0 radical (unpaired) electrons. The Labute approximate surface area is 135 Å². The number of benzene rings is 2. The zero-order valence-electron chi connectivity index (χ0n) is 12.5. The van der Waals surface area contributed by atoms with E-state index in [4.69, 9.17) is 16.6 Å². The average molecular weight is 309 g/mol. The molecule has 4 rings (SSSR count). The van der Waals surface area contributed by atoms with E-state index in [1.54, 1.807) is 0 Å². The molecule has 2 aliphatic rings. The lowest BCUT2D eigenvalue weighted by atomic mass is 10.1. The predicted molar refractivity (Wildman–Crippen MR) is 92.6 cm³/mol. The van der Waals surface area contributed by atoms with Gasteiger partial charge in [0.25, 0.3) is 0 Å². The molecule has 1 saturated heterocycles. The summed E-state index contributed by atoms with van der Waals surface area (Å²) in [5, 5.41) is 0.782. The van der Waals surface area contributed by atoms with E-state index < -0.39 is 0 Å². The van der Waals surface area contributed by atoms with Crippen molar-refractivity contribution in [2.75, 3.05) is 0 Å². The number of nitrogens with zero attached hydrogens (tertiary/aromatic N) is 2. The predicted octanol–water partition coefficient (Wildman–Crippen LogP) is 5.06. The van der Waals surface area contributed by atoms with Crippen LogP contribution < -0.4 is 0 Å². The fourth-order valence-electron chi connectivity index (χ4n) is 3.24. The van der Waals surface area contributed by atoms with Crippen molar-refractivity contribution in [1.29, 1.82) is 0 Å². The highest BCUT2D eigenvalue weighted by atomic mass is 35.5. The highest BCUT2D eigenvalue weighted by Gasteiger charge is 2.33.